The van der Waals surface area contributed by atoms with E-state index in [9.17, 15) is 14.4 Å². The highest BCUT2D eigenvalue weighted by molar-refractivity contribution is 5.78. The highest BCUT2D eigenvalue weighted by Gasteiger charge is 2.20. The molecule has 2 N–H and O–H groups in total. The predicted molar refractivity (Wildman–Crippen MR) is 126 cm³/mol. The number of imidazole rings is 1. The van der Waals surface area contributed by atoms with Crippen LogP contribution in [0.5, 0.6) is 0 Å². The maximum absolute atomic E-state index is 13.0. The van der Waals surface area contributed by atoms with Crippen molar-refractivity contribution in [3.05, 3.63) is 55.7 Å². The first-order valence-corrected chi connectivity index (χ1v) is 10.9. The van der Waals surface area contributed by atoms with Gasteiger partial charge in [-0.2, -0.15) is 4.98 Å². The van der Waals surface area contributed by atoms with E-state index in [0.29, 0.717) is 36.7 Å². The Hall–Kier alpha value is -3.36. The lowest BCUT2D eigenvalue weighted by molar-refractivity contribution is -0.124. The Balaban J connectivity index is 2.00. The first-order valence-electron chi connectivity index (χ1n) is 10.9. The minimum Gasteiger partial charge on any atom is -0.354 e. The third kappa shape index (κ3) is 4.46. The first kappa shape index (κ1) is 23.3. The van der Waals surface area contributed by atoms with E-state index in [1.54, 1.807) is 7.05 Å². The van der Waals surface area contributed by atoms with Crippen LogP contribution in [-0.4, -0.2) is 37.7 Å². The molecule has 172 valence electrons. The molecule has 9 heteroatoms. The number of aromatic nitrogens is 4. The van der Waals surface area contributed by atoms with Gasteiger partial charge in [0.1, 0.15) is 0 Å². The first-order chi connectivity index (χ1) is 15.1. The monoisotopic (exact) mass is 440 g/mol. The molecule has 1 amide bonds. The topological polar surface area (TPSA) is 103 Å². The summed E-state index contributed by atoms with van der Waals surface area (Å²) in [5, 5.41) is 6.14. The van der Waals surface area contributed by atoms with Gasteiger partial charge >= 0.3 is 5.69 Å². The lowest BCUT2D eigenvalue weighted by Crippen LogP contribution is -2.37. The van der Waals surface area contributed by atoms with Crippen LogP contribution in [-0.2, 0) is 25.4 Å². The van der Waals surface area contributed by atoms with E-state index in [0.717, 1.165) is 27.7 Å². The second kappa shape index (κ2) is 9.42. The number of hydrogen-bond acceptors (Lipinski definition) is 5. The van der Waals surface area contributed by atoms with Crippen LogP contribution in [0.25, 0.3) is 11.2 Å². The molecule has 1 aromatic carbocycles. The fourth-order valence-corrected chi connectivity index (χ4v) is 3.60. The van der Waals surface area contributed by atoms with E-state index in [4.69, 9.17) is 0 Å². The Labute approximate surface area is 187 Å². The van der Waals surface area contributed by atoms with Crippen LogP contribution in [0.3, 0.4) is 0 Å². The molecule has 0 bridgehead atoms. The van der Waals surface area contributed by atoms with Crippen LogP contribution in [0, 0.1) is 19.8 Å². The molecule has 0 aliphatic heterocycles. The Morgan fingerprint density at radius 2 is 1.84 bits per heavy atom. The largest absolute Gasteiger partial charge is 0.354 e. The SMILES string of the molecule is CC[C@@H](C)C(=O)NCCNc1nc2c(c(=O)n(C)c(=O)n2C)n1Cc1cc(C)ccc1C. The average Bonchev–Trinajstić information content (AvgIpc) is 3.13. The molecule has 0 fully saturated rings. The fourth-order valence-electron chi connectivity index (χ4n) is 3.60. The zero-order valence-electron chi connectivity index (χ0n) is 19.7. The Morgan fingerprint density at radius 3 is 2.53 bits per heavy atom. The summed E-state index contributed by atoms with van der Waals surface area (Å²) in [5.74, 6) is 0.452. The number of nitrogens with one attached hydrogen (secondary N) is 2. The zero-order chi connectivity index (χ0) is 23.6. The average molecular weight is 441 g/mol. The van der Waals surface area contributed by atoms with Crippen LogP contribution in [0.4, 0.5) is 5.95 Å². The number of carbonyl (C=O) groups excluding carboxylic acids is 1. The minimum atomic E-state index is -0.425. The molecule has 0 radical (unpaired) electrons. The van der Waals surface area contributed by atoms with Crippen LogP contribution in [0.2, 0.25) is 0 Å². The minimum absolute atomic E-state index is 0.00875. The summed E-state index contributed by atoms with van der Waals surface area (Å²) in [7, 11) is 3.08. The second-order valence-electron chi connectivity index (χ2n) is 8.36. The molecule has 0 unspecified atom stereocenters. The maximum Gasteiger partial charge on any atom is 0.332 e. The predicted octanol–water partition coefficient (Wildman–Crippen LogP) is 1.67. The van der Waals surface area contributed by atoms with Crippen LogP contribution in [0.15, 0.2) is 27.8 Å². The molecule has 3 aromatic rings. The number of anilines is 1. The molecule has 2 aromatic heterocycles. The third-order valence-corrected chi connectivity index (χ3v) is 5.95. The van der Waals surface area contributed by atoms with E-state index >= 15 is 0 Å². The third-order valence-electron chi connectivity index (χ3n) is 5.95. The van der Waals surface area contributed by atoms with E-state index in [1.807, 2.05) is 38.3 Å². The van der Waals surface area contributed by atoms with Gasteiger partial charge in [0.2, 0.25) is 11.9 Å². The van der Waals surface area contributed by atoms with Crippen molar-refractivity contribution < 1.29 is 4.79 Å². The van der Waals surface area contributed by atoms with Crippen molar-refractivity contribution in [2.24, 2.45) is 20.0 Å². The fraction of sp³-hybridized carbons (Fsp3) is 0.478. The van der Waals surface area contributed by atoms with Gasteiger partial charge in [-0.1, -0.05) is 37.6 Å². The van der Waals surface area contributed by atoms with Crippen molar-refractivity contribution in [1.82, 2.24) is 24.0 Å². The van der Waals surface area contributed by atoms with Crippen LogP contribution < -0.4 is 21.9 Å². The Morgan fingerprint density at radius 1 is 1.12 bits per heavy atom. The molecule has 32 heavy (non-hydrogen) atoms. The van der Waals surface area contributed by atoms with E-state index in [1.165, 1.54) is 11.6 Å². The number of fused-ring (bicyclic) bond motifs is 1. The summed E-state index contributed by atoms with van der Waals surface area (Å²) in [5.41, 5.74) is 3.17. The summed E-state index contributed by atoms with van der Waals surface area (Å²) < 4.78 is 4.29. The Bertz CT molecular complexity index is 1270. The van der Waals surface area contributed by atoms with E-state index in [2.05, 4.69) is 27.8 Å². The molecule has 2 heterocycles. The van der Waals surface area contributed by atoms with Gasteiger partial charge in [0.05, 0.1) is 6.54 Å². The highest BCUT2D eigenvalue weighted by atomic mass is 16.2. The normalized spacial score (nSPS) is 12.2. The molecular formula is C23H32N6O3. The van der Waals surface area contributed by atoms with Crippen LogP contribution >= 0.6 is 0 Å². The van der Waals surface area contributed by atoms with Crippen molar-refractivity contribution in [1.29, 1.82) is 0 Å². The van der Waals surface area contributed by atoms with Crippen molar-refractivity contribution in [2.45, 2.75) is 40.7 Å². The van der Waals surface area contributed by atoms with E-state index in [-0.39, 0.29) is 17.4 Å². The molecule has 0 aliphatic carbocycles. The molecular weight excluding hydrogens is 408 g/mol. The van der Waals surface area contributed by atoms with Crippen molar-refractivity contribution >= 4 is 23.0 Å². The summed E-state index contributed by atoms with van der Waals surface area (Å²) in [6.45, 7) is 9.21. The van der Waals surface area contributed by atoms with Crippen molar-refractivity contribution in [2.75, 3.05) is 18.4 Å². The number of nitrogens with zero attached hydrogens (tertiary/aromatic N) is 4. The molecule has 1 atom stereocenters. The zero-order valence-corrected chi connectivity index (χ0v) is 19.7. The molecule has 9 nitrogen and oxygen atoms in total. The van der Waals surface area contributed by atoms with Gasteiger partial charge in [0.25, 0.3) is 5.56 Å². The lowest BCUT2D eigenvalue weighted by atomic mass is 10.1. The van der Waals surface area contributed by atoms with Gasteiger partial charge in [-0.3, -0.25) is 23.3 Å². The molecule has 0 aliphatic rings. The van der Waals surface area contributed by atoms with E-state index < -0.39 is 5.69 Å². The number of rotatable bonds is 8. The quantitative estimate of drug-likeness (QED) is 0.519. The number of carbonyl (C=O) groups is 1. The van der Waals surface area contributed by atoms with Crippen molar-refractivity contribution in [3.8, 4) is 0 Å². The molecule has 0 spiro atoms. The molecule has 0 saturated heterocycles. The summed E-state index contributed by atoms with van der Waals surface area (Å²) >= 11 is 0. The highest BCUT2D eigenvalue weighted by Crippen LogP contribution is 2.20. The number of amides is 1. The summed E-state index contributed by atoms with van der Waals surface area (Å²) in [4.78, 5) is 42.0. The second-order valence-corrected chi connectivity index (χ2v) is 8.36. The summed E-state index contributed by atoms with van der Waals surface area (Å²) in [6.07, 6.45) is 0.780. The standard InChI is InChI=1S/C23H32N6O3/c1-7-15(3)20(30)24-10-11-25-22-26-19-18(21(31)28(6)23(32)27(19)5)29(22)13-17-12-14(2)8-9-16(17)4/h8-9,12,15H,7,10-11,13H2,1-6H3,(H,24,30)(H,25,26)/t15-/m1/s1. The number of benzene rings is 1. The Kier molecular flexibility index (Phi) is 6.86. The smallest absolute Gasteiger partial charge is 0.332 e. The van der Waals surface area contributed by atoms with Gasteiger partial charge in [-0.15, -0.1) is 0 Å². The van der Waals surface area contributed by atoms with Gasteiger partial charge in [-0.25, -0.2) is 4.79 Å². The van der Waals surface area contributed by atoms with Gasteiger partial charge in [-0.05, 0) is 31.4 Å². The number of aryl methyl sites for hydroxylation is 3. The van der Waals surface area contributed by atoms with Crippen molar-refractivity contribution in [3.63, 3.8) is 0 Å². The van der Waals surface area contributed by atoms with Crippen LogP contribution in [0.1, 0.15) is 37.0 Å². The van der Waals surface area contributed by atoms with Gasteiger partial charge < -0.3 is 10.6 Å². The summed E-state index contributed by atoms with van der Waals surface area (Å²) in [6, 6.07) is 6.19. The van der Waals surface area contributed by atoms with Gasteiger partial charge in [0.15, 0.2) is 11.2 Å². The number of hydrogen-bond donors (Lipinski definition) is 2. The van der Waals surface area contributed by atoms with Gasteiger partial charge in [0, 0.05) is 33.1 Å². The molecule has 0 saturated carbocycles. The molecule has 3 rings (SSSR count). The maximum atomic E-state index is 13.0. The lowest BCUT2D eigenvalue weighted by Gasteiger charge is -2.14.